The number of nitrogens with one attached hydrogen (secondary N) is 1. The molecule has 0 fully saturated rings. The van der Waals surface area contributed by atoms with E-state index in [0.29, 0.717) is 0 Å². The summed E-state index contributed by atoms with van der Waals surface area (Å²) in [5.74, 6) is 0. The molecule has 10 heavy (non-hydrogen) atoms. The molecule has 60 valence electrons. The van der Waals surface area contributed by atoms with E-state index >= 15 is 0 Å². The van der Waals surface area contributed by atoms with Crippen LogP contribution in [0.1, 0.15) is 32.6 Å². The third kappa shape index (κ3) is 26.4. The molecule has 0 heterocycles. The van der Waals surface area contributed by atoms with Crippen molar-refractivity contribution in [3.8, 4) is 0 Å². The van der Waals surface area contributed by atoms with Gasteiger partial charge in [0.15, 0.2) is 0 Å². The third-order valence-electron chi connectivity index (χ3n) is 1.06. The molecule has 0 aromatic carbocycles. The first-order valence-electron chi connectivity index (χ1n) is 3.57. The summed E-state index contributed by atoms with van der Waals surface area (Å²) in [6.07, 6.45) is 5.91. The molecule has 0 aromatic heterocycles. The van der Waals surface area contributed by atoms with Crippen molar-refractivity contribution in [1.29, 1.82) is 5.41 Å². The Morgan fingerprint density at radius 2 is 1.90 bits per heavy atom. The Hall–Kier alpha value is -0.660. The van der Waals surface area contributed by atoms with E-state index in [1.54, 1.807) is 0 Å². The van der Waals surface area contributed by atoms with Gasteiger partial charge in [-0.3, -0.25) is 0 Å². The fourth-order valence-electron chi connectivity index (χ4n) is 0.571. The lowest BCUT2D eigenvalue weighted by Crippen LogP contribution is -1.97. The largest absolute Gasteiger partial charge is 0.330 e. The van der Waals surface area contributed by atoms with Crippen LogP contribution in [0, 0.1) is 5.41 Å². The average molecular weight is 144 g/mol. The monoisotopic (exact) mass is 144 g/mol. The molecule has 0 unspecified atom stereocenters. The molecule has 0 aromatic rings. The fraction of sp³-hybridized carbons (Fsp3) is 0.857. The summed E-state index contributed by atoms with van der Waals surface area (Å²) in [6.45, 7) is 3.07. The summed E-state index contributed by atoms with van der Waals surface area (Å²) in [4.78, 5) is 8.35. The number of hydrogen-bond donors (Lipinski definition) is 2. The minimum atomic E-state index is 0.750. The molecule has 0 aliphatic carbocycles. The number of nitrogens with two attached hydrogens (primary N) is 1. The summed E-state index contributed by atoms with van der Waals surface area (Å²) >= 11 is 0. The standard InChI is InChI=1S/C6H15N.CHNO/c1-2-3-4-5-6-7;2-1-3/h2-7H2,1H3;2H. The summed E-state index contributed by atoms with van der Waals surface area (Å²) in [6, 6.07) is 0. The fourth-order valence-corrected chi connectivity index (χ4v) is 0.571. The molecule has 0 amide bonds. The zero-order valence-corrected chi connectivity index (χ0v) is 6.52. The van der Waals surface area contributed by atoms with Crippen LogP contribution in [0.25, 0.3) is 0 Å². The van der Waals surface area contributed by atoms with Crippen LogP contribution in [0.4, 0.5) is 0 Å². The predicted molar refractivity (Wildman–Crippen MR) is 41.6 cm³/mol. The van der Waals surface area contributed by atoms with E-state index in [4.69, 9.17) is 15.9 Å². The van der Waals surface area contributed by atoms with E-state index in [1.807, 2.05) is 0 Å². The topological polar surface area (TPSA) is 66.9 Å². The van der Waals surface area contributed by atoms with Crippen LogP contribution in [-0.4, -0.2) is 12.6 Å². The van der Waals surface area contributed by atoms with Gasteiger partial charge in [-0.2, -0.15) is 0 Å². The second kappa shape index (κ2) is 15.8. The lowest BCUT2D eigenvalue weighted by atomic mass is 10.2. The Morgan fingerprint density at radius 3 is 2.20 bits per heavy atom. The minimum Gasteiger partial charge on any atom is -0.330 e. The Kier molecular flexibility index (Phi) is 19.0. The molecule has 0 aliphatic heterocycles. The van der Waals surface area contributed by atoms with Gasteiger partial charge in [0.2, 0.25) is 6.08 Å². The zero-order valence-electron chi connectivity index (χ0n) is 6.52. The van der Waals surface area contributed by atoms with Crippen LogP contribution in [0.3, 0.4) is 0 Å². The first-order chi connectivity index (χ1) is 4.83. The molecule has 0 atom stereocenters. The molecule has 3 N–H and O–H groups in total. The quantitative estimate of drug-likeness (QED) is 0.356. The van der Waals surface area contributed by atoms with E-state index in [9.17, 15) is 0 Å². The van der Waals surface area contributed by atoms with Crippen molar-refractivity contribution in [3.05, 3.63) is 0 Å². The van der Waals surface area contributed by atoms with Crippen LogP contribution < -0.4 is 5.73 Å². The molecule has 0 saturated heterocycles. The van der Waals surface area contributed by atoms with E-state index in [1.165, 1.54) is 25.7 Å². The van der Waals surface area contributed by atoms with E-state index in [2.05, 4.69) is 6.92 Å². The third-order valence-corrected chi connectivity index (χ3v) is 1.06. The van der Waals surface area contributed by atoms with Crippen LogP contribution in [-0.2, 0) is 4.79 Å². The smallest absolute Gasteiger partial charge is 0.231 e. The summed E-state index contributed by atoms with van der Waals surface area (Å²) in [5, 5.41) is 5.40. The van der Waals surface area contributed by atoms with Gasteiger partial charge in [-0.05, 0) is 13.0 Å². The predicted octanol–water partition coefficient (Wildman–Crippen LogP) is 1.43. The van der Waals surface area contributed by atoms with Crippen molar-refractivity contribution in [2.45, 2.75) is 32.6 Å². The van der Waals surface area contributed by atoms with Crippen molar-refractivity contribution in [2.24, 2.45) is 5.73 Å². The molecule has 3 heteroatoms. The highest BCUT2D eigenvalue weighted by Crippen LogP contribution is 1.95. The molecule has 0 saturated carbocycles. The molecular formula is C7H16N2O. The number of unbranched alkanes of at least 4 members (excludes halogenated alkanes) is 3. The molecular weight excluding hydrogens is 128 g/mol. The van der Waals surface area contributed by atoms with Gasteiger partial charge in [0.25, 0.3) is 0 Å². The second-order valence-corrected chi connectivity index (χ2v) is 1.95. The van der Waals surface area contributed by atoms with Crippen LogP contribution in [0.5, 0.6) is 0 Å². The van der Waals surface area contributed by atoms with Gasteiger partial charge in [-0.25, -0.2) is 10.2 Å². The lowest BCUT2D eigenvalue weighted by Gasteiger charge is -1.90. The highest BCUT2D eigenvalue weighted by atomic mass is 16.1. The second-order valence-electron chi connectivity index (χ2n) is 1.95. The minimum absolute atomic E-state index is 0.750. The van der Waals surface area contributed by atoms with E-state index in [-0.39, 0.29) is 0 Å². The molecule has 0 rings (SSSR count). The first kappa shape index (κ1) is 12.1. The van der Waals surface area contributed by atoms with Crippen molar-refractivity contribution in [2.75, 3.05) is 6.54 Å². The molecule has 3 nitrogen and oxygen atoms in total. The SMILES string of the molecule is CCCCCCN.N=C=O. The lowest BCUT2D eigenvalue weighted by molar-refractivity contribution is 0.563. The van der Waals surface area contributed by atoms with Gasteiger partial charge in [-0.1, -0.05) is 26.2 Å². The van der Waals surface area contributed by atoms with Gasteiger partial charge in [0.1, 0.15) is 0 Å². The maximum atomic E-state index is 8.35. The van der Waals surface area contributed by atoms with Crippen molar-refractivity contribution in [1.82, 2.24) is 0 Å². The number of hydrogen-bond acceptors (Lipinski definition) is 3. The molecule has 0 bridgehead atoms. The van der Waals surface area contributed by atoms with E-state index in [0.717, 1.165) is 12.6 Å². The Bertz CT molecular complexity index is 73.7. The van der Waals surface area contributed by atoms with Crippen LogP contribution in [0.2, 0.25) is 0 Å². The first-order valence-corrected chi connectivity index (χ1v) is 3.57. The van der Waals surface area contributed by atoms with Gasteiger partial charge >= 0.3 is 0 Å². The molecule has 0 radical (unpaired) electrons. The molecule has 0 spiro atoms. The molecule has 0 aliphatic rings. The van der Waals surface area contributed by atoms with Gasteiger partial charge in [0.05, 0.1) is 0 Å². The average Bonchev–Trinajstić information content (AvgIpc) is 1.91. The summed E-state index contributed by atoms with van der Waals surface area (Å²) in [5.41, 5.74) is 5.27. The van der Waals surface area contributed by atoms with Crippen molar-refractivity contribution >= 4 is 6.08 Å². The summed E-state index contributed by atoms with van der Waals surface area (Å²) < 4.78 is 0. The Balaban J connectivity index is 0. The van der Waals surface area contributed by atoms with Crippen LogP contribution in [0.15, 0.2) is 0 Å². The van der Waals surface area contributed by atoms with Crippen molar-refractivity contribution < 1.29 is 4.79 Å². The van der Waals surface area contributed by atoms with Crippen molar-refractivity contribution in [3.63, 3.8) is 0 Å². The highest BCUT2D eigenvalue weighted by molar-refractivity contribution is 5.26. The number of isocyanates is 1. The normalized spacial score (nSPS) is 7.40. The van der Waals surface area contributed by atoms with Gasteiger partial charge < -0.3 is 5.73 Å². The van der Waals surface area contributed by atoms with Crippen LogP contribution >= 0.6 is 0 Å². The summed E-state index contributed by atoms with van der Waals surface area (Å²) in [7, 11) is 0. The van der Waals surface area contributed by atoms with Gasteiger partial charge in [0, 0.05) is 0 Å². The number of carbonyl (C=O) groups excluding carboxylic acids is 1. The number of rotatable bonds is 4. The maximum Gasteiger partial charge on any atom is 0.231 e. The Labute approximate surface area is 62.1 Å². The Morgan fingerprint density at radius 1 is 1.40 bits per heavy atom. The maximum absolute atomic E-state index is 8.35. The highest BCUT2D eigenvalue weighted by Gasteiger charge is 1.80. The zero-order chi connectivity index (χ0) is 8.24. The van der Waals surface area contributed by atoms with Gasteiger partial charge in [-0.15, -0.1) is 0 Å². The van der Waals surface area contributed by atoms with E-state index < -0.39 is 0 Å².